The van der Waals surface area contributed by atoms with Crippen molar-refractivity contribution in [2.75, 3.05) is 25.3 Å². The second kappa shape index (κ2) is 6.00. The molecule has 0 aliphatic rings. The molecule has 0 unspecified atom stereocenters. The largest absolute Gasteiger partial charge is 0.497 e. The van der Waals surface area contributed by atoms with Crippen molar-refractivity contribution in [2.24, 2.45) is 0 Å². The van der Waals surface area contributed by atoms with E-state index in [1.54, 1.807) is 32.4 Å². The van der Waals surface area contributed by atoms with Gasteiger partial charge in [0.05, 0.1) is 30.1 Å². The molecule has 2 rings (SSSR count). The van der Waals surface area contributed by atoms with Gasteiger partial charge in [0.2, 0.25) is 0 Å². The minimum absolute atomic E-state index is 0.323. The van der Waals surface area contributed by atoms with Crippen LogP contribution in [0.15, 0.2) is 34.8 Å². The summed E-state index contributed by atoms with van der Waals surface area (Å²) >= 11 is 3.09. The first-order valence-electron chi connectivity index (χ1n) is 5.78. The fourth-order valence-corrected chi connectivity index (χ4v) is 2.07. The molecule has 3 N–H and O–H groups in total. The zero-order valence-corrected chi connectivity index (χ0v) is 12.6. The monoisotopic (exact) mass is 340 g/mol. The number of methoxy groups -OCH3 is 2. The van der Waals surface area contributed by atoms with Gasteiger partial charge >= 0.3 is 0 Å². The molecular weight excluding hydrogens is 327 g/mol. The number of hydrogen-bond donors (Lipinski definition) is 2. The van der Waals surface area contributed by atoms with Crippen LogP contribution in [-0.4, -0.2) is 14.2 Å². The van der Waals surface area contributed by atoms with Crippen molar-refractivity contribution < 1.29 is 13.9 Å². The van der Waals surface area contributed by atoms with Gasteiger partial charge in [-0.3, -0.25) is 0 Å². The van der Waals surface area contributed by atoms with Crippen LogP contribution in [0.4, 0.5) is 21.5 Å². The average Bonchev–Trinajstić information content (AvgIpc) is 2.44. The first-order valence-corrected chi connectivity index (χ1v) is 6.57. The Bertz CT molecular complexity index is 613. The molecule has 0 fully saturated rings. The standard InChI is InChI=1S/C14H14BrFN2O2/c1-19-9-3-8(4-10(5-9)20-2)18-14-7-12(16)11(15)6-13(14)17/h3-7,18H,17H2,1-2H3. The van der Waals surface area contributed by atoms with Gasteiger partial charge in [-0.25, -0.2) is 4.39 Å². The minimum atomic E-state index is -0.392. The van der Waals surface area contributed by atoms with E-state index in [1.165, 1.54) is 12.1 Å². The minimum Gasteiger partial charge on any atom is -0.497 e. The van der Waals surface area contributed by atoms with Gasteiger partial charge in [0.25, 0.3) is 0 Å². The molecule has 2 aromatic rings. The van der Waals surface area contributed by atoms with E-state index in [9.17, 15) is 4.39 Å². The van der Waals surface area contributed by atoms with Crippen LogP contribution in [0.1, 0.15) is 0 Å². The van der Waals surface area contributed by atoms with E-state index < -0.39 is 5.82 Å². The molecule has 0 saturated carbocycles. The average molecular weight is 341 g/mol. The maximum atomic E-state index is 13.6. The Morgan fingerprint density at radius 1 is 1.05 bits per heavy atom. The topological polar surface area (TPSA) is 56.5 Å². The maximum absolute atomic E-state index is 13.6. The van der Waals surface area contributed by atoms with Crippen LogP contribution in [0.5, 0.6) is 11.5 Å². The van der Waals surface area contributed by atoms with Gasteiger partial charge in [-0.15, -0.1) is 0 Å². The second-order valence-corrected chi connectivity index (χ2v) is 4.93. The number of ether oxygens (including phenoxy) is 2. The lowest BCUT2D eigenvalue weighted by Gasteiger charge is -2.13. The van der Waals surface area contributed by atoms with E-state index in [0.717, 1.165) is 0 Å². The Morgan fingerprint density at radius 3 is 2.20 bits per heavy atom. The molecule has 0 heterocycles. The van der Waals surface area contributed by atoms with E-state index in [-0.39, 0.29) is 0 Å². The second-order valence-electron chi connectivity index (χ2n) is 4.08. The number of anilines is 3. The van der Waals surface area contributed by atoms with Crippen molar-refractivity contribution in [1.82, 2.24) is 0 Å². The van der Waals surface area contributed by atoms with Gasteiger partial charge < -0.3 is 20.5 Å². The molecule has 2 aromatic carbocycles. The number of nitrogens with one attached hydrogen (secondary N) is 1. The predicted molar refractivity (Wildman–Crippen MR) is 81.3 cm³/mol. The van der Waals surface area contributed by atoms with Gasteiger partial charge in [0.1, 0.15) is 17.3 Å². The Balaban J connectivity index is 2.36. The first kappa shape index (κ1) is 14.5. The number of nitrogens with two attached hydrogens (primary N) is 1. The van der Waals surface area contributed by atoms with Crippen LogP contribution < -0.4 is 20.5 Å². The normalized spacial score (nSPS) is 10.2. The van der Waals surface area contributed by atoms with Crippen LogP contribution >= 0.6 is 15.9 Å². The Morgan fingerprint density at radius 2 is 1.65 bits per heavy atom. The van der Waals surface area contributed by atoms with Crippen LogP contribution in [0.25, 0.3) is 0 Å². The highest BCUT2D eigenvalue weighted by Crippen LogP contribution is 2.32. The van der Waals surface area contributed by atoms with Crippen LogP contribution in [-0.2, 0) is 0 Å². The van der Waals surface area contributed by atoms with Crippen molar-refractivity contribution in [3.63, 3.8) is 0 Å². The number of nitrogen functional groups attached to an aromatic ring is 1. The highest BCUT2D eigenvalue weighted by Gasteiger charge is 2.08. The Kier molecular flexibility index (Phi) is 4.34. The molecule has 0 amide bonds. The lowest BCUT2D eigenvalue weighted by molar-refractivity contribution is 0.395. The quantitative estimate of drug-likeness (QED) is 0.828. The third kappa shape index (κ3) is 3.14. The highest BCUT2D eigenvalue weighted by atomic mass is 79.9. The third-order valence-corrected chi connectivity index (χ3v) is 3.33. The van der Waals surface area contributed by atoms with Crippen molar-refractivity contribution in [2.45, 2.75) is 0 Å². The maximum Gasteiger partial charge on any atom is 0.139 e. The summed E-state index contributed by atoms with van der Waals surface area (Å²) in [6, 6.07) is 8.11. The summed E-state index contributed by atoms with van der Waals surface area (Å²) in [5.41, 5.74) is 7.45. The van der Waals surface area contributed by atoms with Crippen molar-refractivity contribution >= 4 is 33.0 Å². The van der Waals surface area contributed by atoms with E-state index in [4.69, 9.17) is 15.2 Å². The molecule has 4 nitrogen and oxygen atoms in total. The van der Waals surface area contributed by atoms with Gasteiger partial charge in [-0.2, -0.15) is 0 Å². The molecule has 106 valence electrons. The summed E-state index contributed by atoms with van der Waals surface area (Å²) in [6.07, 6.45) is 0. The van der Waals surface area contributed by atoms with Gasteiger partial charge in [-0.05, 0) is 22.0 Å². The van der Waals surface area contributed by atoms with E-state index >= 15 is 0 Å². The zero-order chi connectivity index (χ0) is 14.7. The summed E-state index contributed by atoms with van der Waals surface area (Å²) < 4.78 is 24.2. The van der Waals surface area contributed by atoms with Gasteiger partial charge in [-0.1, -0.05) is 0 Å². The number of halogens is 2. The Hall–Kier alpha value is -1.95. The molecule has 0 atom stereocenters. The van der Waals surface area contributed by atoms with E-state index in [2.05, 4.69) is 21.2 Å². The third-order valence-electron chi connectivity index (χ3n) is 2.72. The van der Waals surface area contributed by atoms with Crippen molar-refractivity contribution in [1.29, 1.82) is 0 Å². The summed E-state index contributed by atoms with van der Waals surface area (Å²) in [4.78, 5) is 0. The van der Waals surface area contributed by atoms with Crippen LogP contribution in [0.3, 0.4) is 0 Å². The zero-order valence-electron chi connectivity index (χ0n) is 11.0. The molecule has 0 aromatic heterocycles. The predicted octanol–water partition coefficient (Wildman–Crippen LogP) is 3.93. The molecule has 20 heavy (non-hydrogen) atoms. The molecular formula is C14H14BrFN2O2. The molecule has 6 heteroatoms. The molecule has 0 spiro atoms. The highest BCUT2D eigenvalue weighted by molar-refractivity contribution is 9.10. The first-order chi connectivity index (χ1) is 9.53. The smallest absolute Gasteiger partial charge is 0.139 e. The fraction of sp³-hybridized carbons (Fsp3) is 0.143. The summed E-state index contributed by atoms with van der Waals surface area (Å²) in [5, 5.41) is 3.04. The van der Waals surface area contributed by atoms with Crippen LogP contribution in [0.2, 0.25) is 0 Å². The summed E-state index contributed by atoms with van der Waals surface area (Å²) in [6.45, 7) is 0. The molecule has 0 aliphatic heterocycles. The number of benzene rings is 2. The Labute approximate surface area is 124 Å². The van der Waals surface area contributed by atoms with Crippen molar-refractivity contribution in [3.05, 3.63) is 40.6 Å². The lowest BCUT2D eigenvalue weighted by atomic mass is 10.2. The van der Waals surface area contributed by atoms with Crippen LogP contribution in [0, 0.1) is 5.82 Å². The molecule has 0 saturated heterocycles. The van der Waals surface area contributed by atoms with E-state index in [0.29, 0.717) is 33.0 Å². The fourth-order valence-electron chi connectivity index (χ4n) is 1.71. The number of hydrogen-bond acceptors (Lipinski definition) is 4. The van der Waals surface area contributed by atoms with Gasteiger partial charge in [0.15, 0.2) is 0 Å². The van der Waals surface area contributed by atoms with E-state index in [1.807, 2.05) is 0 Å². The van der Waals surface area contributed by atoms with Gasteiger partial charge in [0, 0.05) is 30.0 Å². The SMILES string of the molecule is COc1cc(Nc2cc(F)c(Br)cc2N)cc(OC)c1. The molecule has 0 aliphatic carbocycles. The summed E-state index contributed by atoms with van der Waals surface area (Å²) in [5.74, 6) is 0.863. The molecule has 0 radical (unpaired) electrons. The lowest BCUT2D eigenvalue weighted by Crippen LogP contribution is -1.99. The molecule has 0 bridgehead atoms. The van der Waals surface area contributed by atoms with Crippen molar-refractivity contribution in [3.8, 4) is 11.5 Å². The summed E-state index contributed by atoms with van der Waals surface area (Å²) in [7, 11) is 3.12. The number of rotatable bonds is 4.